The third kappa shape index (κ3) is 5.20. The molecule has 1 aromatic carbocycles. The number of nitrogens with two attached hydrogens (primary N) is 1. The van der Waals surface area contributed by atoms with Crippen LogP contribution in [0.4, 0.5) is 5.69 Å². The average Bonchev–Trinajstić information content (AvgIpc) is 2.37. The van der Waals surface area contributed by atoms with Crippen molar-refractivity contribution in [3.8, 4) is 0 Å². The van der Waals surface area contributed by atoms with Crippen molar-refractivity contribution in [2.24, 2.45) is 5.73 Å². The van der Waals surface area contributed by atoms with Crippen molar-refractivity contribution >= 4 is 27.5 Å². The number of nitrogens with zero attached hydrogens (tertiary/aromatic N) is 1. The number of hydrogen-bond acceptors (Lipinski definition) is 3. The minimum Gasteiger partial charge on any atom is -0.368 e. The quantitative estimate of drug-likeness (QED) is 0.720. The molecule has 0 bridgehead atoms. The minimum absolute atomic E-state index is 0.244. The van der Waals surface area contributed by atoms with Gasteiger partial charge in [0.25, 0.3) is 0 Å². The molecule has 0 fully saturated rings. The molecule has 0 aliphatic carbocycles. The Morgan fingerprint density at radius 2 is 2.16 bits per heavy atom. The van der Waals surface area contributed by atoms with E-state index in [1.807, 2.05) is 24.0 Å². The highest BCUT2D eigenvalue weighted by Gasteiger charge is 2.12. The van der Waals surface area contributed by atoms with Gasteiger partial charge in [0.05, 0.1) is 6.54 Å². The van der Waals surface area contributed by atoms with Gasteiger partial charge in [0.15, 0.2) is 0 Å². The first-order chi connectivity index (χ1) is 9.08. The first-order valence-corrected chi connectivity index (χ1v) is 7.40. The number of benzene rings is 1. The van der Waals surface area contributed by atoms with Crippen LogP contribution in [0.25, 0.3) is 0 Å². The number of likely N-dealkylation sites (N-methyl/N-ethyl adjacent to an activating group) is 1. The predicted molar refractivity (Wildman–Crippen MR) is 83.2 cm³/mol. The van der Waals surface area contributed by atoms with Crippen molar-refractivity contribution in [1.82, 2.24) is 5.32 Å². The Morgan fingerprint density at radius 3 is 2.74 bits per heavy atom. The highest BCUT2D eigenvalue weighted by Crippen LogP contribution is 2.25. The maximum Gasteiger partial charge on any atom is 0.236 e. The molecule has 0 spiro atoms. The minimum atomic E-state index is -0.311. The van der Waals surface area contributed by atoms with E-state index in [0.717, 1.165) is 36.2 Å². The summed E-state index contributed by atoms with van der Waals surface area (Å²) in [5.74, 6) is -0.311. The number of anilines is 1. The van der Waals surface area contributed by atoms with E-state index in [4.69, 9.17) is 5.73 Å². The lowest BCUT2D eigenvalue weighted by Crippen LogP contribution is -2.34. The summed E-state index contributed by atoms with van der Waals surface area (Å²) in [7, 11) is 0. The molecule has 3 N–H and O–H groups in total. The topological polar surface area (TPSA) is 58.4 Å². The van der Waals surface area contributed by atoms with Crippen molar-refractivity contribution in [3.05, 3.63) is 28.2 Å². The molecule has 0 aromatic heterocycles. The van der Waals surface area contributed by atoms with Crippen LogP contribution in [0.2, 0.25) is 0 Å². The Balaban J connectivity index is 2.93. The van der Waals surface area contributed by atoms with Gasteiger partial charge in [-0.15, -0.1) is 0 Å². The van der Waals surface area contributed by atoms with Gasteiger partial charge in [-0.2, -0.15) is 0 Å². The Bertz CT molecular complexity index is 423. The average molecular weight is 328 g/mol. The number of carbonyl (C=O) groups excluding carboxylic acids is 1. The molecule has 4 nitrogen and oxygen atoms in total. The van der Waals surface area contributed by atoms with E-state index in [9.17, 15) is 4.79 Å². The van der Waals surface area contributed by atoms with Gasteiger partial charge < -0.3 is 16.0 Å². The van der Waals surface area contributed by atoms with Gasteiger partial charge in [-0.25, -0.2) is 0 Å². The third-order valence-corrected chi connectivity index (χ3v) is 3.35. The molecular weight excluding hydrogens is 306 g/mol. The van der Waals surface area contributed by atoms with Crippen LogP contribution < -0.4 is 16.0 Å². The zero-order valence-corrected chi connectivity index (χ0v) is 13.2. The van der Waals surface area contributed by atoms with E-state index < -0.39 is 0 Å². The second-order valence-corrected chi connectivity index (χ2v) is 5.35. The molecule has 0 aliphatic rings. The summed E-state index contributed by atoms with van der Waals surface area (Å²) in [6.07, 6.45) is 1.10. The summed E-state index contributed by atoms with van der Waals surface area (Å²) in [6, 6.07) is 6.13. The molecule has 0 atom stereocenters. The van der Waals surface area contributed by atoms with E-state index in [1.54, 1.807) is 0 Å². The first kappa shape index (κ1) is 16.0. The van der Waals surface area contributed by atoms with Gasteiger partial charge >= 0.3 is 0 Å². The molecule has 0 radical (unpaired) electrons. The van der Waals surface area contributed by atoms with Crippen LogP contribution in [0.1, 0.15) is 25.8 Å². The first-order valence-electron chi connectivity index (χ1n) is 6.60. The van der Waals surface area contributed by atoms with Crippen molar-refractivity contribution in [2.75, 3.05) is 24.5 Å². The SMILES string of the molecule is CCCNCc1ccc(Br)cc1N(CC)CC(N)=O. The van der Waals surface area contributed by atoms with E-state index in [-0.39, 0.29) is 12.5 Å². The summed E-state index contributed by atoms with van der Waals surface area (Å²) >= 11 is 3.48. The Kier molecular flexibility index (Phi) is 6.87. The number of nitrogens with one attached hydrogen (secondary N) is 1. The number of rotatable bonds is 8. The van der Waals surface area contributed by atoms with Crippen LogP contribution in [0.5, 0.6) is 0 Å². The molecule has 0 heterocycles. The Hall–Kier alpha value is -1.07. The van der Waals surface area contributed by atoms with Gasteiger partial charge in [0.1, 0.15) is 0 Å². The molecule has 19 heavy (non-hydrogen) atoms. The van der Waals surface area contributed by atoms with Crippen molar-refractivity contribution in [2.45, 2.75) is 26.8 Å². The fourth-order valence-electron chi connectivity index (χ4n) is 1.94. The van der Waals surface area contributed by atoms with Gasteiger partial charge in [0.2, 0.25) is 5.91 Å². The lowest BCUT2D eigenvalue weighted by molar-refractivity contribution is -0.116. The molecule has 1 rings (SSSR count). The van der Waals surface area contributed by atoms with Crippen molar-refractivity contribution < 1.29 is 4.79 Å². The molecule has 0 unspecified atom stereocenters. The normalized spacial score (nSPS) is 10.5. The second-order valence-electron chi connectivity index (χ2n) is 4.43. The van der Waals surface area contributed by atoms with Crippen LogP contribution in [0.15, 0.2) is 22.7 Å². The highest BCUT2D eigenvalue weighted by atomic mass is 79.9. The standard InChI is InChI=1S/C14H22BrN3O/c1-3-7-17-9-11-5-6-12(15)8-13(11)18(4-2)10-14(16)19/h5-6,8,17H,3-4,7,9-10H2,1-2H3,(H2,16,19). The van der Waals surface area contributed by atoms with E-state index in [0.29, 0.717) is 0 Å². The summed E-state index contributed by atoms with van der Waals surface area (Å²) in [5.41, 5.74) is 7.54. The number of halogens is 1. The van der Waals surface area contributed by atoms with E-state index in [2.05, 4.69) is 34.2 Å². The lowest BCUT2D eigenvalue weighted by atomic mass is 10.1. The van der Waals surface area contributed by atoms with Gasteiger partial charge in [-0.3, -0.25) is 4.79 Å². The van der Waals surface area contributed by atoms with E-state index >= 15 is 0 Å². The fraction of sp³-hybridized carbons (Fsp3) is 0.500. The number of carbonyl (C=O) groups is 1. The van der Waals surface area contributed by atoms with Gasteiger partial charge in [-0.05, 0) is 37.6 Å². The van der Waals surface area contributed by atoms with Crippen LogP contribution in [-0.2, 0) is 11.3 Å². The molecule has 0 aliphatic heterocycles. The Labute approximate surface area is 123 Å². The zero-order chi connectivity index (χ0) is 14.3. The predicted octanol–water partition coefficient (Wildman–Crippen LogP) is 2.26. The molecule has 1 amide bonds. The van der Waals surface area contributed by atoms with Gasteiger partial charge in [0, 0.05) is 23.2 Å². The molecule has 106 valence electrons. The summed E-state index contributed by atoms with van der Waals surface area (Å²) < 4.78 is 1.00. The summed E-state index contributed by atoms with van der Waals surface area (Å²) in [6.45, 7) is 6.94. The number of hydrogen-bond donors (Lipinski definition) is 2. The van der Waals surface area contributed by atoms with Crippen molar-refractivity contribution in [1.29, 1.82) is 0 Å². The van der Waals surface area contributed by atoms with Crippen LogP contribution >= 0.6 is 15.9 Å². The second kappa shape index (κ2) is 8.17. The fourth-order valence-corrected chi connectivity index (χ4v) is 2.29. The Morgan fingerprint density at radius 1 is 1.42 bits per heavy atom. The van der Waals surface area contributed by atoms with Crippen LogP contribution in [0.3, 0.4) is 0 Å². The van der Waals surface area contributed by atoms with Gasteiger partial charge in [-0.1, -0.05) is 28.9 Å². The molecular formula is C14H22BrN3O. The smallest absolute Gasteiger partial charge is 0.236 e. The number of amides is 1. The molecule has 0 saturated carbocycles. The largest absolute Gasteiger partial charge is 0.368 e. The van der Waals surface area contributed by atoms with Crippen molar-refractivity contribution in [3.63, 3.8) is 0 Å². The molecule has 0 saturated heterocycles. The maximum absolute atomic E-state index is 11.2. The summed E-state index contributed by atoms with van der Waals surface area (Å²) in [4.78, 5) is 13.1. The molecule has 5 heteroatoms. The van der Waals surface area contributed by atoms with Crippen LogP contribution in [0, 0.1) is 0 Å². The number of primary amides is 1. The summed E-state index contributed by atoms with van der Waals surface area (Å²) in [5, 5.41) is 3.39. The van der Waals surface area contributed by atoms with E-state index in [1.165, 1.54) is 5.56 Å². The highest BCUT2D eigenvalue weighted by molar-refractivity contribution is 9.10. The third-order valence-electron chi connectivity index (χ3n) is 2.86. The van der Waals surface area contributed by atoms with Crippen LogP contribution in [-0.4, -0.2) is 25.5 Å². The molecule has 1 aromatic rings. The lowest BCUT2D eigenvalue weighted by Gasteiger charge is -2.25. The maximum atomic E-state index is 11.2. The zero-order valence-electron chi connectivity index (χ0n) is 11.6. The monoisotopic (exact) mass is 327 g/mol.